The number of hydrogen-bond acceptors (Lipinski definition) is 8. The van der Waals surface area contributed by atoms with Crippen LogP contribution in [0.4, 0.5) is 19.1 Å². The second-order valence-corrected chi connectivity index (χ2v) is 7.43. The number of aromatic hydroxyl groups is 1. The Morgan fingerprint density at radius 2 is 2.06 bits per heavy atom. The monoisotopic (exact) mass is 459 g/mol. The molecule has 0 radical (unpaired) electrons. The molecule has 0 spiro atoms. The van der Waals surface area contributed by atoms with Crippen LogP contribution in [0, 0.1) is 0 Å². The molecule has 0 unspecified atom stereocenters. The first-order valence-corrected chi connectivity index (χ1v) is 9.85. The minimum absolute atomic E-state index is 0.128. The summed E-state index contributed by atoms with van der Waals surface area (Å²) in [6, 6.07) is 2.36. The molecular weight excluding hydrogens is 443 g/mol. The van der Waals surface area contributed by atoms with Crippen LogP contribution in [0.2, 0.25) is 0 Å². The quantitative estimate of drug-likeness (QED) is 0.339. The molecular formula is C19H16F3N9O2. The van der Waals surface area contributed by atoms with Crippen molar-refractivity contribution in [3.63, 3.8) is 0 Å². The van der Waals surface area contributed by atoms with Gasteiger partial charge in [-0.15, -0.1) is 0 Å². The summed E-state index contributed by atoms with van der Waals surface area (Å²) < 4.78 is 39.6. The molecule has 14 heteroatoms. The fraction of sp³-hybridized carbons (Fsp3) is 0.263. The lowest BCUT2D eigenvalue weighted by Crippen LogP contribution is -2.24. The minimum atomic E-state index is -4.51. The van der Waals surface area contributed by atoms with Gasteiger partial charge in [-0.2, -0.15) is 32.8 Å². The van der Waals surface area contributed by atoms with E-state index >= 15 is 0 Å². The van der Waals surface area contributed by atoms with Crippen molar-refractivity contribution >= 4 is 17.7 Å². The summed E-state index contributed by atoms with van der Waals surface area (Å²) in [5.41, 5.74) is -0.218. The summed E-state index contributed by atoms with van der Waals surface area (Å²) in [5, 5.41) is 17.5. The summed E-state index contributed by atoms with van der Waals surface area (Å²) >= 11 is 0. The molecule has 4 N–H and O–H groups in total. The number of aromatic nitrogens is 7. The molecule has 0 bridgehead atoms. The summed E-state index contributed by atoms with van der Waals surface area (Å²) in [4.78, 5) is 32.9. The molecule has 1 aliphatic carbocycles. The number of aromatic amines is 2. The Balaban J connectivity index is 1.51. The number of alkyl halides is 3. The number of nitrogens with one attached hydrogen (secondary N) is 3. The number of pyridine rings is 1. The van der Waals surface area contributed by atoms with E-state index in [2.05, 4.69) is 40.3 Å². The van der Waals surface area contributed by atoms with Crippen molar-refractivity contribution in [1.29, 1.82) is 0 Å². The average Bonchev–Trinajstić information content (AvgIpc) is 3.40. The second kappa shape index (κ2) is 7.72. The van der Waals surface area contributed by atoms with Gasteiger partial charge in [0.05, 0.1) is 12.2 Å². The Labute approximate surface area is 181 Å². The Morgan fingerprint density at radius 3 is 2.70 bits per heavy atom. The molecule has 0 saturated heterocycles. The SMILES string of the molecule is O=c1[nH]c(O)c(/C=c2\cnn3c(=NC4CC4)nc(NCc4ccc(C(F)(F)F)nc4)nc23)[nH]1. The summed E-state index contributed by atoms with van der Waals surface area (Å²) in [6.45, 7) is 0.128. The molecule has 4 aromatic rings. The lowest BCUT2D eigenvalue weighted by molar-refractivity contribution is -0.141. The molecule has 4 heterocycles. The zero-order chi connectivity index (χ0) is 23.2. The highest BCUT2D eigenvalue weighted by Crippen LogP contribution is 2.27. The van der Waals surface area contributed by atoms with E-state index in [9.17, 15) is 23.1 Å². The van der Waals surface area contributed by atoms with Gasteiger partial charge in [-0.3, -0.25) is 9.97 Å². The normalized spacial score (nSPS) is 15.5. The Kier molecular flexibility index (Phi) is 4.83. The van der Waals surface area contributed by atoms with Crippen LogP contribution in [0.25, 0.3) is 11.7 Å². The first-order valence-electron chi connectivity index (χ1n) is 9.85. The van der Waals surface area contributed by atoms with Gasteiger partial charge >= 0.3 is 11.9 Å². The van der Waals surface area contributed by atoms with E-state index in [0.29, 0.717) is 22.0 Å². The van der Waals surface area contributed by atoms with E-state index in [-0.39, 0.29) is 30.1 Å². The van der Waals surface area contributed by atoms with E-state index in [1.165, 1.54) is 22.9 Å². The number of anilines is 1. The highest BCUT2D eigenvalue weighted by atomic mass is 19.4. The van der Waals surface area contributed by atoms with Gasteiger partial charge in [0, 0.05) is 18.0 Å². The van der Waals surface area contributed by atoms with Gasteiger partial charge in [0.25, 0.3) is 5.62 Å². The molecule has 4 aromatic heterocycles. The molecule has 0 amide bonds. The van der Waals surface area contributed by atoms with E-state index in [1.54, 1.807) is 0 Å². The molecule has 0 atom stereocenters. The highest BCUT2D eigenvalue weighted by molar-refractivity contribution is 5.57. The van der Waals surface area contributed by atoms with E-state index in [4.69, 9.17) is 0 Å². The number of halogens is 3. The second-order valence-electron chi connectivity index (χ2n) is 7.43. The highest BCUT2D eigenvalue weighted by Gasteiger charge is 2.32. The zero-order valence-corrected chi connectivity index (χ0v) is 16.8. The fourth-order valence-corrected chi connectivity index (χ4v) is 3.04. The van der Waals surface area contributed by atoms with Crippen LogP contribution < -0.4 is 21.8 Å². The third-order valence-electron chi connectivity index (χ3n) is 4.82. The van der Waals surface area contributed by atoms with Gasteiger partial charge in [0.1, 0.15) is 11.4 Å². The summed E-state index contributed by atoms with van der Waals surface area (Å²) in [5.74, 6) is -0.145. The number of rotatable bonds is 5. The Bertz CT molecular complexity index is 1500. The predicted octanol–water partition coefficient (Wildman–Crippen LogP) is 0.483. The third-order valence-corrected chi connectivity index (χ3v) is 4.82. The van der Waals surface area contributed by atoms with Gasteiger partial charge in [0.15, 0.2) is 5.65 Å². The zero-order valence-electron chi connectivity index (χ0n) is 16.8. The molecule has 0 aromatic carbocycles. The number of H-pyrrole nitrogens is 2. The maximum atomic E-state index is 12.7. The Morgan fingerprint density at radius 1 is 1.24 bits per heavy atom. The minimum Gasteiger partial charge on any atom is -0.493 e. The van der Waals surface area contributed by atoms with Crippen molar-refractivity contribution in [1.82, 2.24) is 34.5 Å². The number of nitrogens with zero attached hydrogens (tertiary/aromatic N) is 6. The molecule has 1 saturated carbocycles. The van der Waals surface area contributed by atoms with E-state index in [1.807, 2.05) is 0 Å². The van der Waals surface area contributed by atoms with Crippen LogP contribution in [0.1, 0.15) is 29.8 Å². The first-order chi connectivity index (χ1) is 15.8. The summed E-state index contributed by atoms with van der Waals surface area (Å²) in [7, 11) is 0. The molecule has 1 fully saturated rings. The van der Waals surface area contributed by atoms with Crippen LogP contribution >= 0.6 is 0 Å². The van der Waals surface area contributed by atoms with Gasteiger partial charge in [-0.05, 0) is 30.5 Å². The fourth-order valence-electron chi connectivity index (χ4n) is 3.04. The van der Waals surface area contributed by atoms with Crippen molar-refractivity contribution in [2.45, 2.75) is 31.6 Å². The van der Waals surface area contributed by atoms with Gasteiger partial charge in [0.2, 0.25) is 11.8 Å². The molecule has 5 rings (SSSR count). The van der Waals surface area contributed by atoms with Crippen molar-refractivity contribution in [2.24, 2.45) is 4.99 Å². The van der Waals surface area contributed by atoms with Crippen LogP contribution in [0.15, 0.2) is 34.3 Å². The van der Waals surface area contributed by atoms with Crippen LogP contribution in [0.5, 0.6) is 5.88 Å². The largest absolute Gasteiger partial charge is 0.493 e. The molecule has 0 aliphatic heterocycles. The molecule has 1 aliphatic rings. The van der Waals surface area contributed by atoms with Gasteiger partial charge in [-0.25, -0.2) is 9.79 Å². The molecule has 33 heavy (non-hydrogen) atoms. The average molecular weight is 459 g/mol. The van der Waals surface area contributed by atoms with Crippen molar-refractivity contribution < 1.29 is 18.3 Å². The van der Waals surface area contributed by atoms with Crippen molar-refractivity contribution in [3.8, 4) is 5.88 Å². The molecule has 170 valence electrons. The van der Waals surface area contributed by atoms with Crippen molar-refractivity contribution in [2.75, 3.05) is 5.32 Å². The number of imidazole rings is 1. The van der Waals surface area contributed by atoms with Crippen LogP contribution in [-0.4, -0.2) is 45.7 Å². The lowest BCUT2D eigenvalue weighted by atomic mass is 10.2. The maximum Gasteiger partial charge on any atom is 0.433 e. The van der Waals surface area contributed by atoms with Gasteiger partial charge in [-0.1, -0.05) is 6.07 Å². The first kappa shape index (κ1) is 20.7. The predicted molar refractivity (Wildman–Crippen MR) is 108 cm³/mol. The van der Waals surface area contributed by atoms with Crippen LogP contribution in [0.3, 0.4) is 0 Å². The number of hydrogen-bond donors (Lipinski definition) is 4. The lowest BCUT2D eigenvalue weighted by Gasteiger charge is -2.08. The topological polar surface area (TPSA) is 149 Å². The van der Waals surface area contributed by atoms with E-state index in [0.717, 1.165) is 25.1 Å². The standard InChI is InChI=1S/C19H16F3N9O2/c20-19(21,22)13-4-1-9(6-23-13)7-24-16-28-14-10(5-12-15(32)29-18(33)27-12)8-25-31(14)17(30-16)26-11-2-3-11/h1,4-6,8,11,32H,2-3,7H2,(H,24,26,30)(H2,27,29,33)/b10-5+. The maximum absolute atomic E-state index is 12.7. The molecule has 11 nitrogen and oxygen atoms in total. The number of fused-ring (bicyclic) bond motifs is 1. The third kappa shape index (κ3) is 4.40. The Hall–Kier alpha value is -4.23. The van der Waals surface area contributed by atoms with Crippen LogP contribution in [-0.2, 0) is 12.7 Å². The van der Waals surface area contributed by atoms with Gasteiger partial charge < -0.3 is 15.4 Å². The van der Waals surface area contributed by atoms with E-state index < -0.39 is 17.6 Å². The smallest absolute Gasteiger partial charge is 0.433 e. The summed E-state index contributed by atoms with van der Waals surface area (Å²) in [6.07, 6.45) is 1.48. The van der Waals surface area contributed by atoms with Crippen molar-refractivity contribution in [3.05, 3.63) is 62.8 Å².